The Labute approximate surface area is 432 Å². The minimum Gasteiger partial charge on any atom is -0.466 e. The van der Waals surface area contributed by atoms with E-state index in [1.54, 1.807) is 6.08 Å². The lowest BCUT2D eigenvalue weighted by molar-refractivity contribution is -0.302. The van der Waals surface area contributed by atoms with Crippen LogP contribution in [0.3, 0.4) is 0 Å². The first-order valence-corrected chi connectivity index (χ1v) is 28.7. The fraction of sp³-hybridized carbons (Fsp3) is 0.767. The zero-order valence-electron chi connectivity index (χ0n) is 44.9. The van der Waals surface area contributed by atoms with Crippen molar-refractivity contribution in [2.45, 2.75) is 275 Å². The highest BCUT2D eigenvalue weighted by molar-refractivity contribution is 5.76. The summed E-state index contributed by atoms with van der Waals surface area (Å²) < 4.78 is 16.6. The van der Waals surface area contributed by atoms with E-state index >= 15 is 0 Å². The van der Waals surface area contributed by atoms with E-state index in [9.17, 15) is 35.1 Å². The van der Waals surface area contributed by atoms with Crippen molar-refractivity contribution < 1.29 is 49.3 Å². The van der Waals surface area contributed by atoms with Gasteiger partial charge < -0.3 is 45.1 Å². The number of aliphatic hydroxyl groups excluding tert-OH is 5. The van der Waals surface area contributed by atoms with Gasteiger partial charge in [0.1, 0.15) is 24.4 Å². The molecule has 1 aliphatic rings. The highest BCUT2D eigenvalue weighted by Crippen LogP contribution is 2.23. The molecule has 71 heavy (non-hydrogen) atoms. The van der Waals surface area contributed by atoms with E-state index in [4.69, 9.17) is 14.2 Å². The molecule has 0 radical (unpaired) electrons. The van der Waals surface area contributed by atoms with Gasteiger partial charge in [0.2, 0.25) is 5.91 Å². The topological polar surface area (TPSA) is 175 Å². The largest absolute Gasteiger partial charge is 0.466 e. The number of unbranched alkanes of at least 4 members (excludes halogenated alkanes) is 24. The minimum atomic E-state index is -1.58. The zero-order valence-corrected chi connectivity index (χ0v) is 44.9. The number of aliphatic hydroxyl groups is 5. The second-order valence-electron chi connectivity index (χ2n) is 19.6. The van der Waals surface area contributed by atoms with Crippen molar-refractivity contribution in [1.29, 1.82) is 0 Å². The number of esters is 1. The summed E-state index contributed by atoms with van der Waals surface area (Å²) >= 11 is 0. The van der Waals surface area contributed by atoms with E-state index in [2.05, 4.69) is 79.9 Å². The second kappa shape index (κ2) is 49.3. The van der Waals surface area contributed by atoms with Crippen molar-refractivity contribution in [2.24, 2.45) is 0 Å². The second-order valence-corrected chi connectivity index (χ2v) is 19.6. The van der Waals surface area contributed by atoms with Crippen LogP contribution in [-0.2, 0) is 23.8 Å². The summed E-state index contributed by atoms with van der Waals surface area (Å²) in [6.07, 6.45) is 54.1. The van der Waals surface area contributed by atoms with Crippen LogP contribution in [0.5, 0.6) is 0 Å². The van der Waals surface area contributed by atoms with Gasteiger partial charge in [0.25, 0.3) is 0 Å². The van der Waals surface area contributed by atoms with Crippen molar-refractivity contribution in [2.75, 3.05) is 19.8 Å². The summed E-state index contributed by atoms with van der Waals surface area (Å²) in [4.78, 5) is 25.0. The molecule has 1 saturated heterocycles. The minimum absolute atomic E-state index is 0.0489. The molecule has 7 unspecified atom stereocenters. The molecule has 1 rings (SSSR count). The lowest BCUT2D eigenvalue weighted by Gasteiger charge is -2.40. The van der Waals surface area contributed by atoms with E-state index in [0.29, 0.717) is 19.4 Å². The Kier molecular flexibility index (Phi) is 45.9. The average Bonchev–Trinajstić information content (AvgIpc) is 3.37. The van der Waals surface area contributed by atoms with Gasteiger partial charge in [-0.2, -0.15) is 0 Å². The van der Waals surface area contributed by atoms with Crippen LogP contribution >= 0.6 is 0 Å². The Hall–Kier alpha value is -2.90. The Balaban J connectivity index is 2.15. The average molecular weight is 1000 g/mol. The Bertz CT molecular complexity index is 1410. The molecule has 0 aliphatic carbocycles. The number of carbonyl (C=O) groups excluding carboxylic acids is 2. The Morgan fingerprint density at radius 1 is 0.521 bits per heavy atom. The maximum Gasteiger partial charge on any atom is 0.305 e. The van der Waals surface area contributed by atoms with Crippen LogP contribution in [0.4, 0.5) is 0 Å². The molecular formula is C60H105NO10. The van der Waals surface area contributed by atoms with Crippen molar-refractivity contribution >= 4 is 11.9 Å². The van der Waals surface area contributed by atoms with Crippen molar-refractivity contribution in [3.05, 3.63) is 72.9 Å². The molecule has 6 N–H and O–H groups in total. The molecule has 0 saturated carbocycles. The third-order valence-electron chi connectivity index (χ3n) is 13.0. The third kappa shape index (κ3) is 39.3. The number of hydrogen-bond donors (Lipinski definition) is 6. The first-order valence-electron chi connectivity index (χ1n) is 28.7. The van der Waals surface area contributed by atoms with Gasteiger partial charge in [-0.15, -0.1) is 0 Å². The van der Waals surface area contributed by atoms with Crippen LogP contribution in [0.15, 0.2) is 72.9 Å². The fourth-order valence-corrected chi connectivity index (χ4v) is 8.38. The van der Waals surface area contributed by atoms with E-state index in [-0.39, 0.29) is 18.5 Å². The Morgan fingerprint density at radius 2 is 0.972 bits per heavy atom. The summed E-state index contributed by atoms with van der Waals surface area (Å²) in [5.41, 5.74) is 0. The van der Waals surface area contributed by atoms with E-state index < -0.39 is 49.5 Å². The smallest absolute Gasteiger partial charge is 0.305 e. The summed E-state index contributed by atoms with van der Waals surface area (Å²) in [6.45, 7) is 4.19. The van der Waals surface area contributed by atoms with Gasteiger partial charge >= 0.3 is 5.97 Å². The molecule has 0 spiro atoms. The van der Waals surface area contributed by atoms with Gasteiger partial charge in [-0.25, -0.2) is 0 Å². The molecule has 0 aromatic rings. The predicted molar refractivity (Wildman–Crippen MR) is 292 cm³/mol. The standard InChI is InChI=1S/C60H105NO10/c1-3-5-7-9-11-13-15-17-24-28-32-36-40-44-48-56(65)69-49-45-41-37-33-29-25-22-20-18-19-21-23-27-31-35-39-43-47-55(64)61-52(51-70-60-59(68)58(67)57(66)54(50-62)71-60)53(63)46-42-38-34-30-26-16-14-12-10-8-6-4-2/h9,11,15,17-18,20,25-26,29-30,42,46,52-54,57-60,62-63,66-68H,3-8,10,12-14,16,19,21-24,27-28,31-41,43-45,47-51H2,1-2H3,(H,61,64)/b11-9-,17-15-,20-18-,29-25-,30-26+,46-42+. The van der Waals surface area contributed by atoms with E-state index in [0.717, 1.165) is 109 Å². The maximum atomic E-state index is 13.0. The lowest BCUT2D eigenvalue weighted by Crippen LogP contribution is -2.60. The van der Waals surface area contributed by atoms with E-state index in [1.165, 1.54) is 96.3 Å². The maximum absolute atomic E-state index is 13.0. The van der Waals surface area contributed by atoms with Gasteiger partial charge in [-0.1, -0.05) is 183 Å². The number of ether oxygens (including phenoxy) is 3. The highest BCUT2D eigenvalue weighted by atomic mass is 16.7. The first kappa shape index (κ1) is 66.1. The lowest BCUT2D eigenvalue weighted by atomic mass is 9.99. The number of nitrogens with one attached hydrogen (secondary N) is 1. The molecule has 1 aliphatic heterocycles. The normalized spacial score (nSPS) is 19.7. The summed E-state index contributed by atoms with van der Waals surface area (Å²) in [6, 6.07) is -0.841. The molecule has 1 amide bonds. The number of rotatable bonds is 48. The predicted octanol–water partition coefficient (Wildman–Crippen LogP) is 12.8. The van der Waals surface area contributed by atoms with Crippen LogP contribution in [0.2, 0.25) is 0 Å². The molecule has 0 aromatic heterocycles. The fourth-order valence-electron chi connectivity index (χ4n) is 8.38. The zero-order chi connectivity index (χ0) is 51.7. The number of carbonyl (C=O) groups is 2. The molecular weight excluding hydrogens is 895 g/mol. The summed E-state index contributed by atoms with van der Waals surface area (Å²) in [5.74, 6) is -0.260. The molecule has 7 atom stereocenters. The first-order chi connectivity index (χ1) is 34.7. The van der Waals surface area contributed by atoms with Gasteiger partial charge in [0, 0.05) is 12.8 Å². The van der Waals surface area contributed by atoms with Crippen molar-refractivity contribution in [1.82, 2.24) is 5.32 Å². The third-order valence-corrected chi connectivity index (χ3v) is 13.0. The highest BCUT2D eigenvalue weighted by Gasteiger charge is 2.44. The van der Waals surface area contributed by atoms with Crippen LogP contribution in [0.25, 0.3) is 0 Å². The SMILES string of the molecule is CCCC/C=C\C/C=C\CCCCCCCC(=O)OCCCCC/C=C\C/C=C\CCCCCCCCCC(=O)NC(COC1OC(CO)C(O)C(O)C1O)C(O)/C=C/CC/C=C/CCCCCCCC. The number of allylic oxidation sites excluding steroid dienone is 11. The van der Waals surface area contributed by atoms with Crippen molar-refractivity contribution in [3.8, 4) is 0 Å². The van der Waals surface area contributed by atoms with Crippen LogP contribution in [-0.4, -0.2) is 100 Å². The van der Waals surface area contributed by atoms with Crippen LogP contribution < -0.4 is 5.32 Å². The van der Waals surface area contributed by atoms with E-state index in [1.807, 2.05) is 6.08 Å². The van der Waals surface area contributed by atoms with Crippen LogP contribution in [0.1, 0.15) is 232 Å². The van der Waals surface area contributed by atoms with Gasteiger partial charge in [0.15, 0.2) is 6.29 Å². The molecule has 0 aromatic carbocycles. The number of hydrogen-bond acceptors (Lipinski definition) is 10. The summed E-state index contributed by atoms with van der Waals surface area (Å²) in [5, 5.41) is 54.3. The molecule has 0 bridgehead atoms. The molecule has 1 fully saturated rings. The molecule has 1 heterocycles. The van der Waals surface area contributed by atoms with Gasteiger partial charge in [0.05, 0.1) is 32.0 Å². The monoisotopic (exact) mass is 1000 g/mol. The Morgan fingerprint density at radius 3 is 1.52 bits per heavy atom. The van der Waals surface area contributed by atoms with Gasteiger partial charge in [-0.05, 0) is 109 Å². The van der Waals surface area contributed by atoms with Gasteiger partial charge in [-0.3, -0.25) is 9.59 Å². The van der Waals surface area contributed by atoms with Crippen LogP contribution in [0, 0.1) is 0 Å². The molecule has 11 nitrogen and oxygen atoms in total. The quantitative estimate of drug-likeness (QED) is 0.0196. The van der Waals surface area contributed by atoms with Crippen molar-refractivity contribution in [3.63, 3.8) is 0 Å². The molecule has 11 heteroatoms. The number of amides is 1. The summed E-state index contributed by atoms with van der Waals surface area (Å²) in [7, 11) is 0. The molecule has 410 valence electrons.